The van der Waals surface area contributed by atoms with Gasteiger partial charge in [0, 0.05) is 40.9 Å². The Morgan fingerprint density at radius 2 is 1.76 bits per heavy atom. The number of nitrogens with one attached hydrogen (secondary N) is 1. The summed E-state index contributed by atoms with van der Waals surface area (Å²) in [7, 11) is 0. The molecule has 1 saturated carbocycles. The minimum Gasteiger partial charge on any atom is -0.356 e. The summed E-state index contributed by atoms with van der Waals surface area (Å²) < 4.78 is 2.31. The van der Waals surface area contributed by atoms with Crippen LogP contribution in [0.15, 0.2) is 90.0 Å². The minimum atomic E-state index is -0.109. The normalized spacial score (nSPS) is 22.9. The molecule has 0 radical (unpaired) electrons. The number of anilines is 1. The van der Waals surface area contributed by atoms with Gasteiger partial charge in [-0.25, -0.2) is 0 Å². The Balaban J connectivity index is 1.36. The average Bonchev–Trinajstić information content (AvgIpc) is 3.42. The highest BCUT2D eigenvalue weighted by Gasteiger charge is 2.43. The van der Waals surface area contributed by atoms with Gasteiger partial charge in [-0.3, -0.25) is 4.79 Å². The Hall–Kier alpha value is -3.44. The molecule has 194 valence electrons. The number of nitrogens with zero attached hydrogens (tertiary/aromatic N) is 2. The lowest BCUT2D eigenvalue weighted by Gasteiger charge is -2.39. The van der Waals surface area contributed by atoms with Crippen LogP contribution < -0.4 is 5.32 Å². The second-order valence-corrected chi connectivity index (χ2v) is 11.9. The molecule has 6 rings (SSSR count). The van der Waals surface area contributed by atoms with Gasteiger partial charge in [-0.05, 0) is 55.5 Å². The van der Waals surface area contributed by atoms with Crippen molar-refractivity contribution in [3.05, 3.63) is 107 Å². The largest absolute Gasteiger partial charge is 0.356 e. The first-order chi connectivity index (χ1) is 18.6. The van der Waals surface area contributed by atoms with Crippen LogP contribution in [0.4, 0.5) is 5.69 Å². The zero-order valence-electron chi connectivity index (χ0n) is 22.1. The Bertz CT molecular complexity index is 1470. The lowest BCUT2D eigenvalue weighted by Crippen LogP contribution is -2.48. The summed E-state index contributed by atoms with van der Waals surface area (Å²) in [6.07, 6.45) is 9.03. The molecule has 3 aromatic carbocycles. The van der Waals surface area contributed by atoms with E-state index in [0.29, 0.717) is 5.92 Å². The van der Waals surface area contributed by atoms with Gasteiger partial charge in [0.25, 0.3) is 5.91 Å². The third-order valence-electron chi connectivity index (χ3n) is 7.97. The van der Waals surface area contributed by atoms with Gasteiger partial charge < -0.3 is 14.8 Å². The first-order valence-corrected chi connectivity index (χ1v) is 14.6. The topological polar surface area (TPSA) is 37.3 Å². The van der Waals surface area contributed by atoms with E-state index in [2.05, 4.69) is 102 Å². The number of fused-ring (bicyclic) bond motifs is 1. The van der Waals surface area contributed by atoms with Gasteiger partial charge in [0.1, 0.15) is 0 Å². The van der Waals surface area contributed by atoms with Crippen LogP contribution in [-0.2, 0) is 11.3 Å². The number of para-hydroxylation sites is 2. The average molecular weight is 522 g/mol. The third-order valence-corrected chi connectivity index (χ3v) is 9.08. The molecular formula is C33H35N3OS. The van der Waals surface area contributed by atoms with E-state index < -0.39 is 0 Å². The van der Waals surface area contributed by atoms with Gasteiger partial charge in [0.05, 0.1) is 4.91 Å². The maximum atomic E-state index is 14.0. The molecule has 1 unspecified atom stereocenters. The number of benzene rings is 3. The van der Waals surface area contributed by atoms with E-state index in [0.717, 1.165) is 29.1 Å². The maximum Gasteiger partial charge on any atom is 0.262 e. The molecule has 0 bridgehead atoms. The molecule has 3 atom stereocenters. The Morgan fingerprint density at radius 3 is 2.58 bits per heavy atom. The quantitative estimate of drug-likeness (QED) is 0.262. The fourth-order valence-corrected chi connectivity index (χ4v) is 7.24. The van der Waals surface area contributed by atoms with E-state index >= 15 is 0 Å². The van der Waals surface area contributed by atoms with Gasteiger partial charge >= 0.3 is 0 Å². The van der Waals surface area contributed by atoms with Crippen LogP contribution in [0.5, 0.6) is 0 Å². The van der Waals surface area contributed by atoms with E-state index in [-0.39, 0.29) is 17.4 Å². The van der Waals surface area contributed by atoms with Gasteiger partial charge in [0.2, 0.25) is 0 Å². The molecular weight excluding hydrogens is 486 g/mol. The SMILES string of the molecule is Cc1cccc(Cn2cc(/C=C3\SC(Nc4ccccc4)N([C@@H]4CCCC[C@@H]4C)C3=O)c3ccccc32)c1. The summed E-state index contributed by atoms with van der Waals surface area (Å²) in [5, 5.41) is 4.84. The van der Waals surface area contributed by atoms with Gasteiger partial charge in [-0.15, -0.1) is 0 Å². The zero-order valence-corrected chi connectivity index (χ0v) is 23.0. The molecule has 2 fully saturated rings. The highest BCUT2D eigenvalue weighted by molar-refractivity contribution is 8.05. The van der Waals surface area contributed by atoms with Crippen molar-refractivity contribution in [2.75, 3.05) is 5.32 Å². The maximum absolute atomic E-state index is 14.0. The standard InChI is InChI=1S/C33H35N3OS/c1-23-11-10-13-25(19-23)21-35-22-26(28-16-7-9-18-30(28)35)20-31-32(37)36(29-17-8-6-12-24(29)2)33(38-31)34-27-14-4-3-5-15-27/h3-5,7,9-11,13-16,18-20,22,24,29,33-34H,6,8,12,17,21H2,1-2H3/b31-20-/t24-,29+,33?/m0/s1. The fraction of sp³-hybridized carbons (Fsp3) is 0.303. The van der Waals surface area contributed by atoms with Crippen molar-refractivity contribution in [1.82, 2.24) is 9.47 Å². The summed E-state index contributed by atoms with van der Waals surface area (Å²) in [6.45, 7) is 5.24. The number of thioether (sulfide) groups is 1. The molecule has 1 N–H and O–H groups in total. The third kappa shape index (κ3) is 5.00. The summed E-state index contributed by atoms with van der Waals surface area (Å²) >= 11 is 1.65. The molecule has 1 amide bonds. The van der Waals surface area contributed by atoms with Crippen LogP contribution in [0.2, 0.25) is 0 Å². The van der Waals surface area contributed by atoms with E-state index in [1.54, 1.807) is 11.8 Å². The van der Waals surface area contributed by atoms with Crippen molar-refractivity contribution >= 4 is 40.3 Å². The first-order valence-electron chi connectivity index (χ1n) is 13.7. The van der Waals surface area contributed by atoms with Crippen LogP contribution in [0, 0.1) is 12.8 Å². The lowest BCUT2D eigenvalue weighted by molar-refractivity contribution is -0.129. The zero-order chi connectivity index (χ0) is 26.1. The summed E-state index contributed by atoms with van der Waals surface area (Å²) in [6, 6.07) is 27.7. The van der Waals surface area contributed by atoms with Crippen LogP contribution in [-0.4, -0.2) is 26.9 Å². The van der Waals surface area contributed by atoms with Crippen molar-refractivity contribution < 1.29 is 4.79 Å². The molecule has 2 heterocycles. The first kappa shape index (κ1) is 24.9. The summed E-state index contributed by atoms with van der Waals surface area (Å²) in [5.74, 6) is 0.654. The van der Waals surface area contributed by atoms with Crippen LogP contribution in [0.1, 0.15) is 49.3 Å². The van der Waals surface area contributed by atoms with E-state index in [1.807, 2.05) is 18.2 Å². The molecule has 2 aliphatic rings. The number of hydrogen-bond donors (Lipinski definition) is 1. The lowest BCUT2D eigenvalue weighted by atomic mass is 9.85. The molecule has 5 heteroatoms. The molecule has 1 aliphatic heterocycles. The monoisotopic (exact) mass is 521 g/mol. The molecule has 1 saturated heterocycles. The molecule has 4 aromatic rings. The van der Waals surface area contributed by atoms with Crippen molar-refractivity contribution in [2.24, 2.45) is 5.92 Å². The van der Waals surface area contributed by atoms with Crippen molar-refractivity contribution in [1.29, 1.82) is 0 Å². The Kier molecular flexibility index (Phi) is 7.03. The van der Waals surface area contributed by atoms with E-state index in [9.17, 15) is 4.79 Å². The smallest absolute Gasteiger partial charge is 0.262 e. The Labute approximate surface area is 229 Å². The van der Waals surface area contributed by atoms with Crippen molar-refractivity contribution in [3.8, 4) is 0 Å². The van der Waals surface area contributed by atoms with E-state index in [1.165, 1.54) is 41.3 Å². The number of carbonyl (C=O) groups excluding carboxylic acids is 1. The molecule has 1 aliphatic carbocycles. The summed E-state index contributed by atoms with van der Waals surface area (Å²) in [5.41, 5.74) is 5.77. The molecule has 4 nitrogen and oxygen atoms in total. The fourth-order valence-electron chi connectivity index (χ4n) is 6.04. The number of carbonyl (C=O) groups is 1. The second kappa shape index (κ2) is 10.7. The summed E-state index contributed by atoms with van der Waals surface area (Å²) in [4.78, 5) is 17.0. The van der Waals surface area contributed by atoms with Crippen molar-refractivity contribution in [3.63, 3.8) is 0 Å². The number of aromatic nitrogens is 1. The van der Waals surface area contributed by atoms with Crippen LogP contribution in [0.3, 0.4) is 0 Å². The number of aryl methyl sites for hydroxylation is 1. The van der Waals surface area contributed by atoms with Crippen molar-refractivity contribution in [2.45, 2.75) is 57.6 Å². The Morgan fingerprint density at radius 1 is 0.974 bits per heavy atom. The number of amides is 1. The highest BCUT2D eigenvalue weighted by Crippen LogP contribution is 2.42. The number of hydrogen-bond acceptors (Lipinski definition) is 3. The van der Waals surface area contributed by atoms with E-state index in [4.69, 9.17) is 0 Å². The van der Waals surface area contributed by atoms with Gasteiger partial charge in [-0.2, -0.15) is 0 Å². The predicted molar refractivity (Wildman–Crippen MR) is 160 cm³/mol. The molecule has 0 spiro atoms. The van der Waals surface area contributed by atoms with Gasteiger partial charge in [0.15, 0.2) is 5.50 Å². The number of rotatable bonds is 6. The van der Waals surface area contributed by atoms with Crippen LogP contribution in [0.25, 0.3) is 17.0 Å². The molecule has 1 aromatic heterocycles. The van der Waals surface area contributed by atoms with Crippen LogP contribution >= 0.6 is 11.8 Å². The molecule has 38 heavy (non-hydrogen) atoms. The highest BCUT2D eigenvalue weighted by atomic mass is 32.2. The second-order valence-electron chi connectivity index (χ2n) is 10.7. The minimum absolute atomic E-state index is 0.109. The van der Waals surface area contributed by atoms with Gasteiger partial charge in [-0.1, -0.05) is 97.8 Å². The predicted octanol–water partition coefficient (Wildman–Crippen LogP) is 7.89.